The van der Waals surface area contributed by atoms with Crippen LogP contribution in [0.1, 0.15) is 136 Å². The normalized spacial score (nSPS) is 15.5. The summed E-state index contributed by atoms with van der Waals surface area (Å²) in [5.41, 5.74) is 22.1. The first-order chi connectivity index (χ1) is 27.5. The van der Waals surface area contributed by atoms with Gasteiger partial charge < -0.3 is 8.97 Å². The molecule has 59 heavy (non-hydrogen) atoms. The first kappa shape index (κ1) is 37.0. The molecular weight excluding hydrogens is 711 g/mol. The third-order valence-electron chi connectivity index (χ3n) is 14.7. The molecule has 3 heteroatoms. The summed E-state index contributed by atoms with van der Waals surface area (Å²) in [4.78, 5) is 0. The van der Waals surface area contributed by atoms with Crippen molar-refractivity contribution in [3.63, 3.8) is 0 Å². The van der Waals surface area contributed by atoms with E-state index in [9.17, 15) is 0 Å². The number of rotatable bonds is 0. The molecule has 11 rings (SSSR count). The van der Waals surface area contributed by atoms with Gasteiger partial charge in [-0.3, -0.25) is 0 Å². The topological polar surface area (TPSA) is 9.34 Å². The molecule has 0 amide bonds. The maximum absolute atomic E-state index is 2.67. The highest BCUT2D eigenvalue weighted by atomic mass is 15.0. The van der Waals surface area contributed by atoms with Gasteiger partial charge in [0.15, 0.2) is 0 Å². The minimum atomic E-state index is -0.261. The summed E-state index contributed by atoms with van der Waals surface area (Å²) >= 11 is 0. The minimum absolute atomic E-state index is 0.0228. The van der Waals surface area contributed by atoms with Gasteiger partial charge in [-0.25, -0.2) is 0 Å². The molecule has 0 saturated carbocycles. The van der Waals surface area contributed by atoms with Gasteiger partial charge in [0.1, 0.15) is 0 Å². The van der Waals surface area contributed by atoms with Crippen LogP contribution in [0, 0.1) is 6.92 Å². The Bertz CT molecular complexity index is 3330. The van der Waals surface area contributed by atoms with E-state index in [1.54, 1.807) is 0 Å². The molecule has 0 saturated heterocycles. The van der Waals surface area contributed by atoms with E-state index in [0.29, 0.717) is 0 Å². The smallest absolute Gasteiger partial charge is 0.247 e. The van der Waals surface area contributed by atoms with Gasteiger partial charge in [-0.1, -0.05) is 139 Å². The van der Waals surface area contributed by atoms with Crippen LogP contribution in [0.3, 0.4) is 0 Å². The van der Waals surface area contributed by atoms with Crippen LogP contribution in [0.4, 0.5) is 0 Å². The first-order valence-corrected chi connectivity index (χ1v) is 22.1. The predicted octanol–water partition coefficient (Wildman–Crippen LogP) is 12.9. The zero-order valence-corrected chi connectivity index (χ0v) is 38.1. The van der Waals surface area contributed by atoms with Gasteiger partial charge >= 0.3 is 0 Å². The van der Waals surface area contributed by atoms with E-state index in [1.165, 1.54) is 121 Å². The van der Waals surface area contributed by atoms with Gasteiger partial charge in [0, 0.05) is 48.9 Å². The van der Waals surface area contributed by atoms with E-state index in [1.807, 2.05) is 0 Å². The maximum Gasteiger partial charge on any atom is 0.247 e. The highest BCUT2D eigenvalue weighted by Gasteiger charge is 2.47. The largest absolute Gasteiger partial charge is 0.310 e. The van der Waals surface area contributed by atoms with E-state index in [0.717, 1.165) is 0 Å². The number of fused-ring (bicyclic) bond motifs is 14. The van der Waals surface area contributed by atoms with E-state index in [4.69, 9.17) is 0 Å². The Balaban J connectivity index is 1.38. The molecule has 0 unspecified atom stereocenters. The number of benzene rings is 6. The second-order valence-corrected chi connectivity index (χ2v) is 23.2. The molecule has 0 radical (unpaired) electrons. The Labute approximate surface area is 351 Å². The fourth-order valence-corrected chi connectivity index (χ4v) is 11.4. The van der Waals surface area contributed by atoms with Gasteiger partial charge in [-0.15, -0.1) is 0 Å². The third-order valence-corrected chi connectivity index (χ3v) is 14.7. The van der Waals surface area contributed by atoms with Crippen molar-refractivity contribution in [1.29, 1.82) is 0 Å². The van der Waals surface area contributed by atoms with Crippen LogP contribution in [-0.4, -0.2) is 15.7 Å². The summed E-state index contributed by atoms with van der Waals surface area (Å²) in [6.45, 7) is 35.7. The summed E-state index contributed by atoms with van der Waals surface area (Å²) < 4.78 is 5.28. The highest BCUT2D eigenvalue weighted by Crippen LogP contribution is 2.49. The lowest BCUT2D eigenvalue weighted by molar-refractivity contribution is 0.590. The van der Waals surface area contributed by atoms with E-state index < -0.39 is 0 Å². The van der Waals surface area contributed by atoms with Crippen molar-refractivity contribution in [2.75, 3.05) is 0 Å². The molecule has 2 nitrogen and oxygen atoms in total. The van der Waals surface area contributed by atoms with Gasteiger partial charge in [0.2, 0.25) is 6.71 Å². The molecule has 0 fully saturated rings. The first-order valence-electron chi connectivity index (χ1n) is 22.1. The highest BCUT2D eigenvalue weighted by molar-refractivity contribution is 6.99. The molecule has 3 aromatic heterocycles. The lowest BCUT2D eigenvalue weighted by atomic mass is 9.30. The molecule has 0 spiro atoms. The molecule has 2 aliphatic heterocycles. The van der Waals surface area contributed by atoms with Crippen LogP contribution in [0.2, 0.25) is 0 Å². The van der Waals surface area contributed by atoms with Gasteiger partial charge in [-0.05, 0) is 127 Å². The minimum Gasteiger partial charge on any atom is -0.310 e. The van der Waals surface area contributed by atoms with Crippen LogP contribution in [0.15, 0.2) is 84.9 Å². The fourth-order valence-electron chi connectivity index (χ4n) is 11.4. The Kier molecular flexibility index (Phi) is 6.91. The van der Waals surface area contributed by atoms with Gasteiger partial charge in [-0.2, -0.15) is 0 Å². The van der Waals surface area contributed by atoms with E-state index in [2.05, 4.69) is 198 Å². The molecule has 0 N–H and O–H groups in total. The number of nitrogens with zero attached hydrogens (tertiary/aromatic N) is 2. The van der Waals surface area contributed by atoms with Crippen LogP contribution < -0.4 is 16.4 Å². The zero-order valence-electron chi connectivity index (χ0n) is 38.1. The summed E-state index contributed by atoms with van der Waals surface area (Å²) in [6, 6.07) is 34.8. The van der Waals surface area contributed by atoms with Crippen molar-refractivity contribution < 1.29 is 0 Å². The Morgan fingerprint density at radius 2 is 0.966 bits per heavy atom. The van der Waals surface area contributed by atoms with Crippen molar-refractivity contribution in [2.45, 2.75) is 131 Å². The number of aromatic nitrogens is 2. The molecule has 0 atom stereocenters. The number of aryl methyl sites for hydroxylation is 1. The summed E-state index contributed by atoms with van der Waals surface area (Å²) in [6.07, 6.45) is 0. The van der Waals surface area contributed by atoms with Crippen molar-refractivity contribution in [3.8, 4) is 5.69 Å². The van der Waals surface area contributed by atoms with Crippen LogP contribution in [-0.2, 0) is 27.1 Å². The summed E-state index contributed by atoms with van der Waals surface area (Å²) in [7, 11) is 0. The molecular formula is C56H59BN2. The SMILES string of the molecule is Cc1cc2c3c(c1)C(C)(C)c1c(cc4c5cc(C(C)(C)C)ccc5n5c6ccc(C(C)(C)C)cc6c1c45)B3c1cc(C(C)(C)C)cc3c4cc(C(C)(C)C)ccc4n-2c13. The predicted molar refractivity (Wildman–Crippen MR) is 258 cm³/mol. The van der Waals surface area contributed by atoms with Crippen LogP contribution in [0.5, 0.6) is 0 Å². The molecule has 2 aliphatic rings. The van der Waals surface area contributed by atoms with Gasteiger partial charge in [0.25, 0.3) is 0 Å². The van der Waals surface area contributed by atoms with E-state index in [-0.39, 0.29) is 33.8 Å². The second-order valence-electron chi connectivity index (χ2n) is 23.2. The Morgan fingerprint density at radius 3 is 1.54 bits per heavy atom. The van der Waals surface area contributed by atoms with Crippen molar-refractivity contribution >= 4 is 83.0 Å². The molecule has 6 aromatic carbocycles. The van der Waals surface area contributed by atoms with Crippen molar-refractivity contribution in [3.05, 3.63) is 124 Å². The van der Waals surface area contributed by atoms with Crippen molar-refractivity contribution in [2.24, 2.45) is 0 Å². The molecule has 9 aromatic rings. The standard InChI is InChI=1S/C56H59BN2/c1-30-22-40-49-46(23-30)59-44-20-17-31(52(2,3)4)24-35(44)37-27-34(55(11,12)13)28-42(50(37)59)57(49)41-29-38-36-25-32(53(5,6)7)16-19-43(36)58-45-21-18-33(54(8,9)10)26-39(45)47(51(38)58)48(41)56(40,14)15/h16-29H,1-15H3. The quantitative estimate of drug-likeness (QED) is 0.136. The Morgan fingerprint density at radius 1 is 0.475 bits per heavy atom. The summed E-state index contributed by atoms with van der Waals surface area (Å²) in [5, 5.41) is 8.31. The van der Waals surface area contributed by atoms with E-state index >= 15 is 0 Å². The Hall–Kier alpha value is -5.02. The van der Waals surface area contributed by atoms with Crippen molar-refractivity contribution in [1.82, 2.24) is 8.97 Å². The molecule has 296 valence electrons. The number of hydrogen-bond donors (Lipinski definition) is 0. The lowest BCUT2D eigenvalue weighted by Gasteiger charge is -2.43. The fraction of sp³-hybridized carbons (Fsp3) is 0.357. The third kappa shape index (κ3) is 4.77. The monoisotopic (exact) mass is 770 g/mol. The maximum atomic E-state index is 2.67. The lowest BCUT2D eigenvalue weighted by Crippen LogP contribution is -2.63. The average Bonchev–Trinajstić information content (AvgIpc) is 3.77. The second kappa shape index (κ2) is 11.0. The summed E-state index contributed by atoms with van der Waals surface area (Å²) in [5.74, 6) is 0. The zero-order chi connectivity index (χ0) is 41.8. The number of hydrogen-bond acceptors (Lipinski definition) is 0. The molecule has 5 heterocycles. The van der Waals surface area contributed by atoms with Crippen LogP contribution in [0.25, 0.3) is 65.6 Å². The molecule has 0 aliphatic carbocycles. The van der Waals surface area contributed by atoms with Crippen LogP contribution >= 0.6 is 0 Å². The average molecular weight is 771 g/mol. The van der Waals surface area contributed by atoms with Gasteiger partial charge in [0.05, 0.1) is 22.1 Å². The molecule has 0 bridgehead atoms.